The van der Waals surface area contributed by atoms with Crippen LogP contribution in [0.25, 0.3) is 0 Å². The standard InChI is InChI=1S/C17H28N4O2/c1-5-11-19-16(22)12-20-17(18-3)21(4)13-14-7-9-15(10-8-14)23-6-2/h7-10H,5-6,11-13H2,1-4H3,(H,18,20)(H,19,22). The van der Waals surface area contributed by atoms with Gasteiger partial charge in [0, 0.05) is 27.2 Å². The summed E-state index contributed by atoms with van der Waals surface area (Å²) in [5, 5.41) is 5.90. The van der Waals surface area contributed by atoms with Crippen molar-refractivity contribution in [3.05, 3.63) is 29.8 Å². The zero-order valence-electron chi connectivity index (χ0n) is 14.6. The molecule has 0 aliphatic carbocycles. The highest BCUT2D eigenvalue weighted by Crippen LogP contribution is 2.13. The van der Waals surface area contributed by atoms with Gasteiger partial charge in [-0.05, 0) is 31.0 Å². The zero-order valence-corrected chi connectivity index (χ0v) is 14.6. The van der Waals surface area contributed by atoms with Gasteiger partial charge in [-0.3, -0.25) is 9.79 Å². The molecular weight excluding hydrogens is 292 g/mol. The van der Waals surface area contributed by atoms with Gasteiger partial charge in [0.15, 0.2) is 5.96 Å². The molecule has 0 spiro atoms. The molecule has 0 bridgehead atoms. The summed E-state index contributed by atoms with van der Waals surface area (Å²) in [6.45, 7) is 6.27. The molecule has 0 aromatic heterocycles. The molecule has 23 heavy (non-hydrogen) atoms. The van der Waals surface area contributed by atoms with Gasteiger partial charge >= 0.3 is 0 Å². The fourth-order valence-corrected chi connectivity index (χ4v) is 2.08. The number of amides is 1. The number of hydrogen-bond acceptors (Lipinski definition) is 3. The van der Waals surface area contributed by atoms with E-state index in [9.17, 15) is 4.79 Å². The van der Waals surface area contributed by atoms with Crippen molar-refractivity contribution in [3.63, 3.8) is 0 Å². The number of rotatable bonds is 8. The van der Waals surface area contributed by atoms with Crippen LogP contribution in [0.2, 0.25) is 0 Å². The second-order valence-corrected chi connectivity index (χ2v) is 5.18. The Labute approximate surface area is 138 Å². The van der Waals surface area contributed by atoms with E-state index in [1.165, 1.54) is 0 Å². The maximum Gasteiger partial charge on any atom is 0.239 e. The van der Waals surface area contributed by atoms with Crippen molar-refractivity contribution in [3.8, 4) is 5.75 Å². The van der Waals surface area contributed by atoms with Crippen molar-refractivity contribution in [2.75, 3.05) is 33.8 Å². The third-order valence-corrected chi connectivity index (χ3v) is 3.21. The van der Waals surface area contributed by atoms with Gasteiger partial charge in [0.2, 0.25) is 5.91 Å². The average molecular weight is 320 g/mol. The van der Waals surface area contributed by atoms with E-state index < -0.39 is 0 Å². The van der Waals surface area contributed by atoms with Crippen molar-refractivity contribution < 1.29 is 9.53 Å². The summed E-state index contributed by atoms with van der Waals surface area (Å²) < 4.78 is 5.44. The number of hydrogen-bond donors (Lipinski definition) is 2. The van der Waals surface area contributed by atoms with E-state index in [-0.39, 0.29) is 12.5 Å². The molecule has 1 aromatic rings. The molecule has 0 aliphatic rings. The molecule has 1 rings (SSSR count). The Morgan fingerprint density at radius 1 is 1.22 bits per heavy atom. The van der Waals surface area contributed by atoms with Gasteiger partial charge in [-0.25, -0.2) is 0 Å². The van der Waals surface area contributed by atoms with Gasteiger partial charge < -0.3 is 20.3 Å². The van der Waals surface area contributed by atoms with Crippen LogP contribution < -0.4 is 15.4 Å². The molecule has 0 fully saturated rings. The van der Waals surface area contributed by atoms with Crippen molar-refractivity contribution in [1.82, 2.24) is 15.5 Å². The fourth-order valence-electron chi connectivity index (χ4n) is 2.08. The van der Waals surface area contributed by atoms with Crippen molar-refractivity contribution in [2.24, 2.45) is 4.99 Å². The van der Waals surface area contributed by atoms with Gasteiger partial charge in [-0.15, -0.1) is 0 Å². The Morgan fingerprint density at radius 2 is 1.91 bits per heavy atom. The first-order valence-electron chi connectivity index (χ1n) is 8.00. The van der Waals surface area contributed by atoms with E-state index in [2.05, 4.69) is 15.6 Å². The van der Waals surface area contributed by atoms with Gasteiger partial charge in [0.1, 0.15) is 5.75 Å². The van der Waals surface area contributed by atoms with E-state index >= 15 is 0 Å². The highest BCUT2D eigenvalue weighted by atomic mass is 16.5. The molecule has 2 N–H and O–H groups in total. The van der Waals surface area contributed by atoms with Crippen LogP contribution in [0.4, 0.5) is 0 Å². The highest BCUT2D eigenvalue weighted by molar-refractivity contribution is 5.86. The van der Waals surface area contributed by atoms with Crippen molar-refractivity contribution in [1.29, 1.82) is 0 Å². The lowest BCUT2D eigenvalue weighted by Crippen LogP contribution is -2.43. The molecule has 0 radical (unpaired) electrons. The van der Waals surface area contributed by atoms with Crippen LogP contribution in [-0.2, 0) is 11.3 Å². The van der Waals surface area contributed by atoms with Crippen LogP contribution >= 0.6 is 0 Å². The lowest BCUT2D eigenvalue weighted by Gasteiger charge is -2.22. The number of aliphatic imine (C=N–C) groups is 1. The first kappa shape index (κ1) is 18.8. The van der Waals surface area contributed by atoms with Crippen molar-refractivity contribution >= 4 is 11.9 Å². The van der Waals surface area contributed by atoms with Crippen LogP contribution in [-0.4, -0.2) is 50.6 Å². The van der Waals surface area contributed by atoms with Crippen molar-refractivity contribution in [2.45, 2.75) is 26.8 Å². The normalized spacial score (nSPS) is 11.0. The molecule has 1 aromatic carbocycles. The third-order valence-electron chi connectivity index (χ3n) is 3.21. The Morgan fingerprint density at radius 3 is 2.48 bits per heavy atom. The largest absolute Gasteiger partial charge is 0.494 e. The Kier molecular flexibility index (Phi) is 8.57. The summed E-state index contributed by atoms with van der Waals surface area (Å²) in [7, 11) is 3.65. The molecule has 6 heteroatoms. The monoisotopic (exact) mass is 320 g/mol. The summed E-state index contributed by atoms with van der Waals surface area (Å²) in [6, 6.07) is 7.98. The second kappa shape index (κ2) is 10.5. The molecule has 0 saturated heterocycles. The molecule has 128 valence electrons. The number of benzene rings is 1. The molecule has 0 aliphatic heterocycles. The summed E-state index contributed by atoms with van der Waals surface area (Å²) in [5.41, 5.74) is 1.15. The minimum atomic E-state index is -0.0255. The van der Waals surface area contributed by atoms with E-state index in [0.29, 0.717) is 25.7 Å². The van der Waals surface area contributed by atoms with Crippen LogP contribution in [0.3, 0.4) is 0 Å². The van der Waals surface area contributed by atoms with Gasteiger partial charge in [0.05, 0.1) is 13.2 Å². The molecular formula is C17H28N4O2. The highest BCUT2D eigenvalue weighted by Gasteiger charge is 2.08. The summed E-state index contributed by atoms with van der Waals surface area (Å²) in [5.74, 6) is 1.53. The third kappa shape index (κ3) is 7.04. The van der Waals surface area contributed by atoms with Crippen LogP contribution in [0, 0.1) is 0 Å². The second-order valence-electron chi connectivity index (χ2n) is 5.18. The molecule has 0 saturated carbocycles. The number of nitrogens with one attached hydrogen (secondary N) is 2. The Hall–Kier alpha value is -2.24. The van der Waals surface area contributed by atoms with Gasteiger partial charge in [0.25, 0.3) is 0 Å². The van der Waals surface area contributed by atoms with Gasteiger partial charge in [-0.2, -0.15) is 0 Å². The van der Waals surface area contributed by atoms with E-state index in [4.69, 9.17) is 4.74 Å². The average Bonchev–Trinajstić information content (AvgIpc) is 2.55. The lowest BCUT2D eigenvalue weighted by molar-refractivity contribution is -0.120. The minimum Gasteiger partial charge on any atom is -0.494 e. The number of guanidine groups is 1. The lowest BCUT2D eigenvalue weighted by atomic mass is 10.2. The number of carbonyl (C=O) groups is 1. The van der Waals surface area contributed by atoms with Crippen LogP contribution in [0.15, 0.2) is 29.3 Å². The predicted octanol–water partition coefficient (Wildman–Crippen LogP) is 1.62. The predicted molar refractivity (Wildman–Crippen MR) is 93.7 cm³/mol. The Balaban J connectivity index is 2.50. The molecule has 0 heterocycles. The first-order chi connectivity index (χ1) is 11.1. The first-order valence-corrected chi connectivity index (χ1v) is 8.00. The maximum atomic E-state index is 11.6. The SMILES string of the molecule is CCCNC(=O)CNC(=NC)N(C)Cc1ccc(OCC)cc1. The smallest absolute Gasteiger partial charge is 0.239 e. The molecule has 1 amide bonds. The quantitative estimate of drug-likeness (QED) is 0.564. The number of ether oxygens (including phenoxy) is 1. The fraction of sp³-hybridized carbons (Fsp3) is 0.529. The summed E-state index contributed by atoms with van der Waals surface area (Å²) >= 11 is 0. The number of nitrogens with zero attached hydrogens (tertiary/aromatic N) is 2. The van der Waals surface area contributed by atoms with E-state index in [1.807, 2.05) is 50.1 Å². The summed E-state index contributed by atoms with van der Waals surface area (Å²) in [4.78, 5) is 17.8. The summed E-state index contributed by atoms with van der Waals surface area (Å²) in [6.07, 6.45) is 0.929. The Bertz CT molecular complexity index is 500. The van der Waals surface area contributed by atoms with Crippen LogP contribution in [0.5, 0.6) is 5.75 Å². The topological polar surface area (TPSA) is 66.0 Å². The zero-order chi connectivity index (χ0) is 17.1. The van der Waals surface area contributed by atoms with Crippen LogP contribution in [0.1, 0.15) is 25.8 Å². The van der Waals surface area contributed by atoms with E-state index in [0.717, 1.165) is 17.7 Å². The van der Waals surface area contributed by atoms with Gasteiger partial charge in [-0.1, -0.05) is 19.1 Å². The number of carbonyl (C=O) groups excluding carboxylic acids is 1. The molecule has 6 nitrogen and oxygen atoms in total. The van der Waals surface area contributed by atoms with E-state index in [1.54, 1.807) is 7.05 Å². The minimum absolute atomic E-state index is 0.0255. The molecule has 0 atom stereocenters. The molecule has 0 unspecified atom stereocenters. The maximum absolute atomic E-state index is 11.6.